The Morgan fingerprint density at radius 1 is 1.27 bits per heavy atom. The van der Waals surface area contributed by atoms with E-state index in [9.17, 15) is 14.4 Å². The fraction of sp³-hybridized carbons (Fsp3) is 0.500. The van der Waals surface area contributed by atoms with Crippen molar-refractivity contribution in [3.8, 4) is 5.75 Å². The molecule has 1 N–H and O–H groups in total. The summed E-state index contributed by atoms with van der Waals surface area (Å²) >= 11 is 3.55. The average Bonchev–Trinajstić information content (AvgIpc) is 3.24. The van der Waals surface area contributed by atoms with E-state index in [0.717, 1.165) is 6.42 Å². The second-order valence-corrected chi connectivity index (χ2v) is 7.90. The van der Waals surface area contributed by atoms with Crippen LogP contribution in [0.3, 0.4) is 0 Å². The third-order valence-corrected chi connectivity index (χ3v) is 6.71. The predicted molar refractivity (Wildman–Crippen MR) is 93.8 cm³/mol. The number of esters is 2. The van der Waals surface area contributed by atoms with Gasteiger partial charge in [-0.1, -0.05) is 15.9 Å². The molecule has 138 valence electrons. The SMILES string of the molecule is COc1ccc(NC(=O)COC(=O)[C@@H]2[C@H]3C[C@H]4[C@H](OC(=O)[C@@H]42)[C@H]3Br)cc1. The van der Waals surface area contributed by atoms with E-state index in [1.807, 2.05) is 0 Å². The van der Waals surface area contributed by atoms with Crippen LogP contribution in [-0.2, 0) is 23.9 Å². The fourth-order valence-corrected chi connectivity index (χ4v) is 5.44. The van der Waals surface area contributed by atoms with Gasteiger partial charge < -0.3 is 19.5 Å². The average molecular weight is 424 g/mol. The molecule has 0 aromatic heterocycles. The second kappa shape index (κ2) is 6.57. The minimum Gasteiger partial charge on any atom is -0.497 e. The molecule has 0 spiro atoms. The molecule has 1 saturated heterocycles. The molecule has 7 nitrogen and oxygen atoms in total. The van der Waals surface area contributed by atoms with Crippen LogP contribution in [-0.4, -0.2) is 42.5 Å². The number of methoxy groups -OCH3 is 1. The zero-order valence-corrected chi connectivity index (χ0v) is 15.6. The molecule has 0 unspecified atom stereocenters. The number of alkyl halides is 1. The number of ether oxygens (including phenoxy) is 3. The highest BCUT2D eigenvalue weighted by atomic mass is 79.9. The zero-order valence-electron chi connectivity index (χ0n) is 14.0. The Morgan fingerprint density at radius 3 is 2.69 bits per heavy atom. The quantitative estimate of drug-likeness (QED) is 0.572. The first-order chi connectivity index (χ1) is 12.5. The third-order valence-electron chi connectivity index (χ3n) is 5.51. The summed E-state index contributed by atoms with van der Waals surface area (Å²) in [5.74, 6) is -1.48. The Morgan fingerprint density at radius 2 is 2.00 bits per heavy atom. The summed E-state index contributed by atoms with van der Waals surface area (Å²) in [5.41, 5.74) is 0.578. The van der Waals surface area contributed by atoms with Gasteiger partial charge in [-0.15, -0.1) is 0 Å². The van der Waals surface area contributed by atoms with Gasteiger partial charge in [-0.2, -0.15) is 0 Å². The van der Waals surface area contributed by atoms with Gasteiger partial charge in [0.2, 0.25) is 0 Å². The summed E-state index contributed by atoms with van der Waals surface area (Å²) in [4.78, 5) is 36.5. The smallest absolute Gasteiger partial charge is 0.310 e. The molecule has 1 aliphatic heterocycles. The molecule has 26 heavy (non-hydrogen) atoms. The van der Waals surface area contributed by atoms with Gasteiger partial charge in [-0.3, -0.25) is 14.4 Å². The Bertz CT molecular complexity index is 751. The predicted octanol–water partition coefficient (Wildman–Crippen LogP) is 1.75. The van der Waals surface area contributed by atoms with Crippen molar-refractivity contribution in [1.82, 2.24) is 0 Å². The van der Waals surface area contributed by atoms with Crippen LogP contribution in [0, 0.1) is 23.7 Å². The normalized spacial score (nSPS) is 33.7. The van der Waals surface area contributed by atoms with E-state index < -0.39 is 30.3 Å². The summed E-state index contributed by atoms with van der Waals surface area (Å²) < 4.78 is 15.6. The largest absolute Gasteiger partial charge is 0.497 e. The molecule has 1 amide bonds. The first kappa shape index (κ1) is 17.3. The van der Waals surface area contributed by atoms with Crippen molar-refractivity contribution in [3.05, 3.63) is 24.3 Å². The molecular weight excluding hydrogens is 406 g/mol. The highest BCUT2D eigenvalue weighted by Crippen LogP contribution is 2.60. The molecular formula is C18H18BrNO6. The van der Waals surface area contributed by atoms with Crippen molar-refractivity contribution in [2.45, 2.75) is 17.4 Å². The molecule has 8 heteroatoms. The van der Waals surface area contributed by atoms with Gasteiger partial charge in [0.25, 0.3) is 5.91 Å². The number of nitrogens with one attached hydrogen (secondary N) is 1. The lowest BCUT2D eigenvalue weighted by atomic mass is 9.80. The van der Waals surface area contributed by atoms with E-state index in [0.29, 0.717) is 11.4 Å². The van der Waals surface area contributed by atoms with E-state index in [1.165, 1.54) is 0 Å². The summed E-state index contributed by atoms with van der Waals surface area (Å²) in [6.45, 7) is -0.392. The number of fused-ring (bicyclic) bond motifs is 1. The van der Waals surface area contributed by atoms with Crippen molar-refractivity contribution in [2.24, 2.45) is 23.7 Å². The van der Waals surface area contributed by atoms with Crippen LogP contribution in [0.5, 0.6) is 5.75 Å². The number of rotatable bonds is 5. The first-order valence-electron chi connectivity index (χ1n) is 8.44. The van der Waals surface area contributed by atoms with Crippen LogP contribution in [0.15, 0.2) is 24.3 Å². The van der Waals surface area contributed by atoms with Gasteiger partial charge in [-0.25, -0.2) is 0 Å². The molecule has 2 saturated carbocycles. The number of anilines is 1. The van der Waals surface area contributed by atoms with Gasteiger partial charge in [0.1, 0.15) is 11.9 Å². The van der Waals surface area contributed by atoms with E-state index >= 15 is 0 Å². The van der Waals surface area contributed by atoms with Crippen LogP contribution in [0.1, 0.15) is 6.42 Å². The van der Waals surface area contributed by atoms with Gasteiger partial charge in [0.05, 0.1) is 23.8 Å². The van der Waals surface area contributed by atoms with Gasteiger partial charge in [-0.05, 0) is 36.6 Å². The topological polar surface area (TPSA) is 90.9 Å². The van der Waals surface area contributed by atoms with Crippen molar-refractivity contribution in [1.29, 1.82) is 0 Å². The maximum absolute atomic E-state index is 12.5. The number of halogens is 1. The molecule has 2 bridgehead atoms. The van der Waals surface area contributed by atoms with Crippen molar-refractivity contribution >= 4 is 39.5 Å². The maximum Gasteiger partial charge on any atom is 0.310 e. The summed E-state index contributed by atoms with van der Waals surface area (Å²) in [6, 6.07) is 6.82. The van der Waals surface area contributed by atoms with E-state index in [-0.39, 0.29) is 28.7 Å². The van der Waals surface area contributed by atoms with Crippen LogP contribution >= 0.6 is 15.9 Å². The van der Waals surface area contributed by atoms with E-state index in [4.69, 9.17) is 14.2 Å². The lowest BCUT2D eigenvalue weighted by Gasteiger charge is -2.26. The van der Waals surface area contributed by atoms with Crippen molar-refractivity contribution in [3.63, 3.8) is 0 Å². The molecule has 6 atom stereocenters. The minimum atomic E-state index is -0.538. The summed E-state index contributed by atoms with van der Waals surface area (Å²) in [7, 11) is 1.56. The van der Waals surface area contributed by atoms with E-state index in [2.05, 4.69) is 21.2 Å². The maximum atomic E-state index is 12.5. The number of carbonyl (C=O) groups excluding carboxylic acids is 3. The number of hydrogen-bond acceptors (Lipinski definition) is 6. The molecule has 4 rings (SSSR count). The van der Waals surface area contributed by atoms with Gasteiger partial charge >= 0.3 is 11.9 Å². The van der Waals surface area contributed by atoms with Gasteiger partial charge in [0.15, 0.2) is 6.61 Å². The Kier molecular flexibility index (Phi) is 4.38. The monoisotopic (exact) mass is 423 g/mol. The molecule has 3 aliphatic rings. The third kappa shape index (κ3) is 2.76. The zero-order chi connectivity index (χ0) is 18.4. The summed E-state index contributed by atoms with van der Waals surface area (Å²) in [6.07, 6.45) is 0.634. The number of hydrogen-bond donors (Lipinski definition) is 1. The van der Waals surface area contributed by atoms with Crippen LogP contribution in [0.4, 0.5) is 5.69 Å². The lowest BCUT2D eigenvalue weighted by molar-refractivity contribution is -0.157. The molecule has 1 aromatic rings. The van der Waals surface area contributed by atoms with Crippen LogP contribution in [0.2, 0.25) is 0 Å². The first-order valence-corrected chi connectivity index (χ1v) is 9.36. The number of amides is 1. The van der Waals surface area contributed by atoms with E-state index in [1.54, 1.807) is 31.4 Å². The highest BCUT2D eigenvalue weighted by Gasteiger charge is 2.68. The molecule has 1 aromatic carbocycles. The molecule has 2 aliphatic carbocycles. The van der Waals surface area contributed by atoms with Crippen LogP contribution < -0.4 is 10.1 Å². The van der Waals surface area contributed by atoms with Crippen LogP contribution in [0.25, 0.3) is 0 Å². The Labute approximate surface area is 158 Å². The Hall–Kier alpha value is -2.09. The minimum absolute atomic E-state index is 0.0126. The standard InChI is InChI=1S/C18H18BrNO6/c1-24-9-4-2-8(3-5-9)20-12(21)7-25-17(22)13-10-6-11-14(13)18(23)26-16(11)15(10)19/h2-5,10-11,13-16H,6-7H2,1H3,(H,20,21)/t10-,11-,13-,14+,15+,16+/m1/s1. The van der Waals surface area contributed by atoms with Crippen molar-refractivity contribution in [2.75, 3.05) is 19.0 Å². The Balaban J connectivity index is 1.34. The highest BCUT2D eigenvalue weighted by molar-refractivity contribution is 9.09. The number of carbonyl (C=O) groups is 3. The molecule has 0 radical (unpaired) electrons. The molecule has 1 heterocycles. The lowest BCUT2D eigenvalue weighted by Crippen LogP contribution is -2.39. The number of benzene rings is 1. The summed E-state index contributed by atoms with van der Waals surface area (Å²) in [5, 5.41) is 2.65. The molecule has 3 fully saturated rings. The second-order valence-electron chi connectivity index (χ2n) is 6.85. The fourth-order valence-electron chi connectivity index (χ4n) is 4.40. The van der Waals surface area contributed by atoms with Gasteiger partial charge in [0, 0.05) is 11.6 Å². The van der Waals surface area contributed by atoms with Crippen molar-refractivity contribution < 1.29 is 28.6 Å².